The van der Waals surface area contributed by atoms with Gasteiger partial charge in [0.25, 0.3) is 5.56 Å². The van der Waals surface area contributed by atoms with Crippen molar-refractivity contribution in [1.29, 1.82) is 0 Å². The maximum atomic E-state index is 14.0. The van der Waals surface area contributed by atoms with E-state index in [1.165, 1.54) is 11.3 Å². The number of thiazole rings is 1. The van der Waals surface area contributed by atoms with Gasteiger partial charge in [-0.15, -0.1) is 11.3 Å². The molecule has 0 saturated carbocycles. The molecule has 2 aromatic heterocycles. The van der Waals surface area contributed by atoms with Crippen LogP contribution in [0.1, 0.15) is 17.0 Å². The van der Waals surface area contributed by atoms with E-state index < -0.39 is 0 Å². The number of hydrogen-bond acceptors (Lipinski definition) is 6. The number of nitrogens with zero attached hydrogens (tertiary/aromatic N) is 3. The van der Waals surface area contributed by atoms with Crippen LogP contribution in [0.4, 0.5) is 22.9 Å². The quantitative estimate of drug-likeness (QED) is 0.178. The molecule has 0 aliphatic heterocycles. The van der Waals surface area contributed by atoms with Gasteiger partial charge < -0.3 is 10.6 Å². The lowest BCUT2D eigenvalue weighted by molar-refractivity contribution is 0.844. The Kier molecular flexibility index (Phi) is 7.81. The highest BCUT2D eigenvalue weighted by molar-refractivity contribution is 9.10. The van der Waals surface area contributed by atoms with Crippen molar-refractivity contribution in [1.82, 2.24) is 14.5 Å². The van der Waals surface area contributed by atoms with Crippen LogP contribution in [0, 0.1) is 6.92 Å². The SMILES string of the molecule is Cc1cccc(Nc2csc(-n3c(Cc4ccccc4Nc4c(Cl)cccc4Cl)nc4ccc(Br)cc4c3=O)n2)c1. The third-order valence-electron chi connectivity index (χ3n) is 6.46. The molecule has 0 radical (unpaired) electrons. The summed E-state index contributed by atoms with van der Waals surface area (Å²) in [6.45, 7) is 2.04. The maximum Gasteiger partial charge on any atom is 0.267 e. The second-order valence-corrected chi connectivity index (χ2v) is 12.0. The van der Waals surface area contributed by atoms with Gasteiger partial charge >= 0.3 is 0 Å². The van der Waals surface area contributed by atoms with Crippen molar-refractivity contribution in [2.24, 2.45) is 0 Å². The minimum Gasteiger partial charge on any atom is -0.353 e. The largest absolute Gasteiger partial charge is 0.353 e. The fourth-order valence-corrected chi connectivity index (χ4v) is 6.16. The summed E-state index contributed by atoms with van der Waals surface area (Å²) in [5.74, 6) is 1.21. The average Bonchev–Trinajstić information content (AvgIpc) is 3.40. The number of halogens is 3. The summed E-state index contributed by atoms with van der Waals surface area (Å²) in [5, 5.41) is 10.7. The normalized spacial score (nSPS) is 11.1. The summed E-state index contributed by atoms with van der Waals surface area (Å²) >= 11 is 17.8. The zero-order chi connectivity index (χ0) is 28.5. The van der Waals surface area contributed by atoms with E-state index in [1.54, 1.807) is 28.8 Å². The molecule has 0 saturated heterocycles. The van der Waals surface area contributed by atoms with Crippen LogP contribution in [-0.2, 0) is 6.42 Å². The number of aryl methyl sites for hydroxylation is 1. The van der Waals surface area contributed by atoms with E-state index >= 15 is 0 Å². The zero-order valence-electron chi connectivity index (χ0n) is 21.7. The third kappa shape index (κ3) is 5.87. The maximum absolute atomic E-state index is 14.0. The number of hydrogen-bond donors (Lipinski definition) is 2. The lowest BCUT2D eigenvalue weighted by Gasteiger charge is -2.16. The van der Waals surface area contributed by atoms with Crippen LogP contribution >= 0.6 is 50.5 Å². The Balaban J connectivity index is 1.44. The van der Waals surface area contributed by atoms with Crippen molar-refractivity contribution in [3.8, 4) is 5.13 Å². The molecule has 6 rings (SSSR count). The highest BCUT2D eigenvalue weighted by Crippen LogP contribution is 2.34. The molecule has 0 amide bonds. The molecule has 4 aromatic carbocycles. The van der Waals surface area contributed by atoms with Crippen LogP contribution in [0.3, 0.4) is 0 Å². The average molecular weight is 663 g/mol. The highest BCUT2D eigenvalue weighted by atomic mass is 79.9. The van der Waals surface area contributed by atoms with Gasteiger partial charge in [-0.25, -0.2) is 14.5 Å². The summed E-state index contributed by atoms with van der Waals surface area (Å²) < 4.78 is 2.40. The molecular weight excluding hydrogens is 641 g/mol. The van der Waals surface area contributed by atoms with Gasteiger partial charge in [0.2, 0.25) is 0 Å². The molecule has 0 bridgehead atoms. The Bertz CT molecular complexity index is 1950. The van der Waals surface area contributed by atoms with Gasteiger partial charge in [0.1, 0.15) is 11.6 Å². The van der Waals surface area contributed by atoms with Gasteiger partial charge in [-0.05, 0) is 66.6 Å². The van der Waals surface area contributed by atoms with Crippen LogP contribution in [0.25, 0.3) is 16.0 Å². The van der Waals surface area contributed by atoms with Crippen molar-refractivity contribution >= 4 is 84.3 Å². The van der Waals surface area contributed by atoms with E-state index in [9.17, 15) is 4.79 Å². The van der Waals surface area contributed by atoms with Crippen molar-refractivity contribution in [3.05, 3.63) is 132 Å². The number of fused-ring (bicyclic) bond motifs is 1. The fraction of sp³-hybridized carbons (Fsp3) is 0.0645. The Labute approximate surface area is 258 Å². The molecule has 0 fully saturated rings. The molecule has 0 atom stereocenters. The van der Waals surface area contributed by atoms with E-state index in [4.69, 9.17) is 33.2 Å². The summed E-state index contributed by atoms with van der Waals surface area (Å²) in [6.07, 6.45) is 0.354. The first-order valence-corrected chi connectivity index (χ1v) is 15.1. The summed E-state index contributed by atoms with van der Waals surface area (Å²) in [6, 6.07) is 26.7. The summed E-state index contributed by atoms with van der Waals surface area (Å²) in [4.78, 5) is 23.7. The van der Waals surface area contributed by atoms with Crippen LogP contribution in [0.2, 0.25) is 10.0 Å². The number of nitrogens with one attached hydrogen (secondary N) is 2. The first-order chi connectivity index (χ1) is 19.9. The third-order valence-corrected chi connectivity index (χ3v) is 8.41. The first kappa shape index (κ1) is 27.5. The van der Waals surface area contributed by atoms with Gasteiger partial charge in [0.15, 0.2) is 5.13 Å². The lowest BCUT2D eigenvalue weighted by atomic mass is 10.1. The predicted molar refractivity (Wildman–Crippen MR) is 174 cm³/mol. The fourth-order valence-electron chi connectivity index (χ4n) is 4.53. The van der Waals surface area contributed by atoms with Gasteiger partial charge in [0, 0.05) is 27.6 Å². The molecule has 0 spiro atoms. The molecule has 0 aliphatic carbocycles. The first-order valence-electron chi connectivity index (χ1n) is 12.7. The van der Waals surface area contributed by atoms with E-state index in [2.05, 4.69) is 26.6 Å². The number of para-hydroxylation sites is 2. The van der Waals surface area contributed by atoms with E-state index in [0.29, 0.717) is 49.8 Å². The molecule has 0 unspecified atom stereocenters. The minimum absolute atomic E-state index is 0.192. The molecule has 2 N–H and O–H groups in total. The topological polar surface area (TPSA) is 71.8 Å². The Morgan fingerprint density at radius 3 is 2.49 bits per heavy atom. The van der Waals surface area contributed by atoms with Crippen LogP contribution in [0.5, 0.6) is 0 Å². The van der Waals surface area contributed by atoms with E-state index in [0.717, 1.165) is 27.0 Å². The van der Waals surface area contributed by atoms with E-state index in [1.807, 2.05) is 73.0 Å². The van der Waals surface area contributed by atoms with Crippen molar-refractivity contribution in [3.63, 3.8) is 0 Å². The lowest BCUT2D eigenvalue weighted by Crippen LogP contribution is -2.24. The number of aromatic nitrogens is 3. The molecule has 6 aromatic rings. The Morgan fingerprint density at radius 2 is 1.68 bits per heavy atom. The monoisotopic (exact) mass is 661 g/mol. The molecular formula is C31H22BrCl2N5OS. The second-order valence-electron chi connectivity index (χ2n) is 9.40. The number of benzene rings is 4. The second kappa shape index (κ2) is 11.7. The number of anilines is 4. The smallest absolute Gasteiger partial charge is 0.267 e. The van der Waals surface area contributed by atoms with Gasteiger partial charge in [-0.2, -0.15) is 0 Å². The molecule has 10 heteroatoms. The van der Waals surface area contributed by atoms with Crippen molar-refractivity contribution < 1.29 is 0 Å². The Morgan fingerprint density at radius 1 is 0.902 bits per heavy atom. The van der Waals surface area contributed by atoms with Gasteiger partial charge in [-0.3, -0.25) is 4.79 Å². The molecule has 204 valence electrons. The van der Waals surface area contributed by atoms with Crippen LogP contribution in [0.15, 0.2) is 99.6 Å². The minimum atomic E-state index is -0.192. The van der Waals surface area contributed by atoms with Crippen LogP contribution < -0.4 is 16.2 Å². The highest BCUT2D eigenvalue weighted by Gasteiger charge is 2.18. The standard InChI is InChI=1S/C31H22BrCl2N5OS/c1-18-6-4-8-21(14-18)35-27-17-41-31(38-27)39-28(36-26-13-12-20(32)16-22(26)30(39)40)15-19-7-2-3-11-25(19)37-29-23(33)9-5-10-24(29)34/h2-14,16-17,35,37H,15H2,1H3. The molecule has 6 nitrogen and oxygen atoms in total. The van der Waals surface area contributed by atoms with Crippen molar-refractivity contribution in [2.45, 2.75) is 13.3 Å². The van der Waals surface area contributed by atoms with Crippen molar-refractivity contribution in [2.75, 3.05) is 10.6 Å². The van der Waals surface area contributed by atoms with Gasteiger partial charge in [-0.1, -0.05) is 75.5 Å². The van der Waals surface area contributed by atoms with Gasteiger partial charge in [0.05, 0.1) is 26.6 Å². The Hall–Kier alpha value is -3.69. The molecule has 0 aliphatic rings. The summed E-state index contributed by atoms with van der Waals surface area (Å²) in [7, 11) is 0. The van der Waals surface area contributed by atoms with E-state index in [-0.39, 0.29) is 5.56 Å². The molecule has 41 heavy (non-hydrogen) atoms. The molecule has 2 heterocycles. The number of rotatable bonds is 7. The zero-order valence-corrected chi connectivity index (χ0v) is 25.6. The van der Waals surface area contributed by atoms with Crippen LogP contribution in [-0.4, -0.2) is 14.5 Å². The summed E-state index contributed by atoms with van der Waals surface area (Å²) in [5.41, 5.74) is 4.81. The predicted octanol–water partition coefficient (Wildman–Crippen LogP) is 9.30.